The monoisotopic (exact) mass is 293 g/mol. The highest BCUT2D eigenvalue weighted by Crippen LogP contribution is 2.26. The first-order valence-corrected chi connectivity index (χ1v) is 5.54. The van der Waals surface area contributed by atoms with Crippen LogP contribution < -0.4 is 5.32 Å². The first kappa shape index (κ1) is 15.6. The number of nitrogens with one attached hydrogen (secondary N) is 1. The molecule has 0 aliphatic rings. The topological polar surface area (TPSA) is 85.1 Å². The Morgan fingerprint density at radius 1 is 1.25 bits per heavy atom. The summed E-state index contributed by atoms with van der Waals surface area (Å²) in [5, 5.41) is 13.8. The van der Waals surface area contributed by atoms with Crippen LogP contribution in [0.15, 0.2) is 42.7 Å². The first-order chi connectivity index (χ1) is 9.08. The van der Waals surface area contributed by atoms with Gasteiger partial charge in [0.1, 0.15) is 11.9 Å². The average molecular weight is 294 g/mol. The quantitative estimate of drug-likeness (QED) is 0.531. The van der Waals surface area contributed by atoms with Gasteiger partial charge in [-0.25, -0.2) is 0 Å². The molecular weight excluding hydrogens is 282 g/mol. The Hall–Kier alpha value is -2.47. The van der Waals surface area contributed by atoms with Crippen molar-refractivity contribution in [3.05, 3.63) is 58.4 Å². The number of rotatable bonds is 4. The van der Waals surface area contributed by atoms with Crippen molar-refractivity contribution < 1.29 is 9.72 Å². The summed E-state index contributed by atoms with van der Waals surface area (Å²) in [7, 11) is 0. The number of hydrogen-bond donors (Lipinski definition) is 1. The van der Waals surface area contributed by atoms with E-state index in [1.165, 1.54) is 25.4 Å². The maximum atomic E-state index is 11.1. The maximum Gasteiger partial charge on any atom is 0.310 e. The van der Waals surface area contributed by atoms with E-state index in [2.05, 4.69) is 10.3 Å². The molecule has 1 heterocycles. The third-order valence-electron chi connectivity index (χ3n) is 2.57. The minimum atomic E-state index is -0.501. The van der Waals surface area contributed by atoms with Gasteiger partial charge in [0.25, 0.3) is 0 Å². The molecule has 0 atom stereocenters. The third-order valence-corrected chi connectivity index (χ3v) is 2.57. The van der Waals surface area contributed by atoms with Crippen molar-refractivity contribution >= 4 is 35.3 Å². The number of pyridine rings is 1. The molecule has 7 heteroatoms. The fourth-order valence-corrected chi connectivity index (χ4v) is 1.58. The first-order valence-electron chi connectivity index (χ1n) is 5.54. The van der Waals surface area contributed by atoms with Crippen molar-refractivity contribution in [2.75, 3.05) is 5.32 Å². The van der Waals surface area contributed by atoms with Crippen LogP contribution in [0, 0.1) is 10.1 Å². The molecule has 0 fully saturated rings. The molecule has 0 unspecified atom stereocenters. The van der Waals surface area contributed by atoms with Crippen molar-refractivity contribution in [2.45, 2.75) is 6.92 Å². The van der Waals surface area contributed by atoms with E-state index < -0.39 is 4.92 Å². The van der Waals surface area contributed by atoms with Crippen LogP contribution in [0.5, 0.6) is 0 Å². The van der Waals surface area contributed by atoms with Gasteiger partial charge in [0.2, 0.25) is 0 Å². The molecule has 1 aromatic carbocycles. The van der Waals surface area contributed by atoms with E-state index in [1.54, 1.807) is 24.3 Å². The van der Waals surface area contributed by atoms with Gasteiger partial charge in [-0.3, -0.25) is 19.9 Å². The van der Waals surface area contributed by atoms with E-state index >= 15 is 0 Å². The normalized spacial score (nSPS) is 9.45. The van der Waals surface area contributed by atoms with E-state index in [1.807, 2.05) is 0 Å². The lowest BCUT2D eigenvalue weighted by molar-refractivity contribution is -0.384. The van der Waals surface area contributed by atoms with Crippen molar-refractivity contribution in [2.24, 2.45) is 0 Å². The number of halogens is 1. The fraction of sp³-hybridized carbons (Fsp3) is 0.0769. The number of Topliss-reactive ketones (excluding diaryl/α,β-unsaturated/α-hetero) is 1. The molecule has 1 N–H and O–H groups in total. The Balaban J connectivity index is 0.00000200. The Labute approximate surface area is 121 Å². The van der Waals surface area contributed by atoms with Crippen molar-refractivity contribution in [1.29, 1.82) is 0 Å². The van der Waals surface area contributed by atoms with Crippen LogP contribution in [0.3, 0.4) is 0 Å². The summed E-state index contributed by atoms with van der Waals surface area (Å²) < 4.78 is 0. The molecule has 0 spiro atoms. The van der Waals surface area contributed by atoms with Gasteiger partial charge in [-0.15, -0.1) is 12.4 Å². The molecule has 0 saturated carbocycles. The van der Waals surface area contributed by atoms with E-state index in [0.29, 0.717) is 16.9 Å². The van der Waals surface area contributed by atoms with Gasteiger partial charge in [-0.2, -0.15) is 0 Å². The summed E-state index contributed by atoms with van der Waals surface area (Å²) in [6, 6.07) is 8.24. The Bertz CT molecular complexity index is 629. The molecule has 0 bridgehead atoms. The van der Waals surface area contributed by atoms with Gasteiger partial charge in [0.05, 0.1) is 4.92 Å². The van der Waals surface area contributed by atoms with Crippen LogP contribution in [0.25, 0.3) is 0 Å². The minimum absolute atomic E-state index is 0. The Morgan fingerprint density at radius 2 is 1.90 bits per heavy atom. The van der Waals surface area contributed by atoms with Crippen LogP contribution in [-0.2, 0) is 0 Å². The smallest absolute Gasteiger partial charge is 0.310 e. The highest BCUT2D eigenvalue weighted by atomic mass is 35.5. The van der Waals surface area contributed by atoms with Crippen LogP contribution in [0.2, 0.25) is 0 Å². The molecule has 0 radical (unpaired) electrons. The van der Waals surface area contributed by atoms with Gasteiger partial charge in [-0.1, -0.05) is 0 Å². The standard InChI is InChI=1S/C13H11N3O3.ClH/c1-9(17)10-2-4-11(5-3-10)15-12-6-7-14-8-13(12)16(18)19;/h2-8H,1H3,(H,14,15);1H. The van der Waals surface area contributed by atoms with Crippen molar-refractivity contribution in [3.63, 3.8) is 0 Å². The lowest BCUT2D eigenvalue weighted by atomic mass is 10.1. The molecule has 0 aliphatic heterocycles. The molecule has 2 aromatic rings. The number of ketones is 1. The summed E-state index contributed by atoms with van der Waals surface area (Å²) in [6.07, 6.45) is 2.66. The minimum Gasteiger partial charge on any atom is -0.350 e. The molecule has 0 saturated heterocycles. The Morgan fingerprint density at radius 3 is 2.45 bits per heavy atom. The molecule has 20 heavy (non-hydrogen) atoms. The van der Waals surface area contributed by atoms with E-state index in [0.717, 1.165) is 0 Å². The molecular formula is C13H12ClN3O3. The fourth-order valence-electron chi connectivity index (χ4n) is 1.58. The Kier molecular flexibility index (Phi) is 5.16. The second-order valence-electron chi connectivity index (χ2n) is 3.91. The summed E-state index contributed by atoms with van der Waals surface area (Å²) in [6.45, 7) is 1.48. The number of nitrogens with zero attached hydrogens (tertiary/aromatic N) is 2. The predicted molar refractivity (Wildman–Crippen MR) is 77.9 cm³/mol. The highest BCUT2D eigenvalue weighted by molar-refractivity contribution is 5.94. The zero-order valence-electron chi connectivity index (χ0n) is 10.6. The summed E-state index contributed by atoms with van der Waals surface area (Å²) in [4.78, 5) is 25.2. The average Bonchev–Trinajstić information content (AvgIpc) is 2.39. The molecule has 0 aliphatic carbocycles. The number of benzene rings is 1. The molecule has 104 valence electrons. The zero-order chi connectivity index (χ0) is 13.8. The van der Waals surface area contributed by atoms with Gasteiger partial charge in [-0.05, 0) is 37.3 Å². The SMILES string of the molecule is CC(=O)c1ccc(Nc2ccncc2[N+](=O)[O-])cc1.Cl. The number of anilines is 2. The van der Waals surface area contributed by atoms with E-state index in [9.17, 15) is 14.9 Å². The van der Waals surface area contributed by atoms with E-state index in [-0.39, 0.29) is 23.9 Å². The second-order valence-corrected chi connectivity index (χ2v) is 3.91. The molecule has 0 amide bonds. The van der Waals surface area contributed by atoms with Crippen LogP contribution >= 0.6 is 12.4 Å². The summed E-state index contributed by atoms with van der Waals surface area (Å²) in [5.74, 6) is -0.0264. The number of aromatic nitrogens is 1. The molecule has 1 aromatic heterocycles. The number of hydrogen-bond acceptors (Lipinski definition) is 5. The van der Waals surface area contributed by atoms with Gasteiger partial charge in [0, 0.05) is 17.4 Å². The highest BCUT2D eigenvalue weighted by Gasteiger charge is 2.13. The number of carbonyl (C=O) groups excluding carboxylic acids is 1. The van der Waals surface area contributed by atoms with Gasteiger partial charge < -0.3 is 5.32 Å². The number of carbonyl (C=O) groups is 1. The van der Waals surface area contributed by atoms with Crippen LogP contribution in [0.4, 0.5) is 17.1 Å². The summed E-state index contributed by atoms with van der Waals surface area (Å²) >= 11 is 0. The predicted octanol–water partition coefficient (Wildman–Crippen LogP) is 3.36. The molecule has 6 nitrogen and oxygen atoms in total. The van der Waals surface area contributed by atoms with Crippen molar-refractivity contribution in [1.82, 2.24) is 4.98 Å². The molecule has 2 rings (SSSR count). The van der Waals surface area contributed by atoms with Gasteiger partial charge in [0.15, 0.2) is 5.78 Å². The van der Waals surface area contributed by atoms with Crippen LogP contribution in [-0.4, -0.2) is 15.7 Å². The lowest BCUT2D eigenvalue weighted by Gasteiger charge is -2.06. The zero-order valence-corrected chi connectivity index (χ0v) is 11.4. The summed E-state index contributed by atoms with van der Waals surface area (Å²) in [5.41, 5.74) is 1.52. The number of nitro groups is 1. The van der Waals surface area contributed by atoms with Crippen molar-refractivity contribution in [3.8, 4) is 0 Å². The van der Waals surface area contributed by atoms with Gasteiger partial charge >= 0.3 is 5.69 Å². The maximum absolute atomic E-state index is 11.1. The third kappa shape index (κ3) is 3.52. The largest absolute Gasteiger partial charge is 0.350 e. The second kappa shape index (κ2) is 6.63. The van der Waals surface area contributed by atoms with Crippen LogP contribution in [0.1, 0.15) is 17.3 Å². The van der Waals surface area contributed by atoms with E-state index in [4.69, 9.17) is 0 Å². The lowest BCUT2D eigenvalue weighted by Crippen LogP contribution is -1.98.